The Morgan fingerprint density at radius 2 is 1.56 bits per heavy atom. The summed E-state index contributed by atoms with van der Waals surface area (Å²) in [5.41, 5.74) is -3.26. The maximum absolute atomic E-state index is 13.1. The second kappa shape index (κ2) is 7.94. The third kappa shape index (κ3) is 4.72. The van der Waals surface area contributed by atoms with Crippen LogP contribution >= 0.6 is 15.9 Å². The molecule has 32 heavy (non-hydrogen) atoms. The van der Waals surface area contributed by atoms with E-state index < -0.39 is 44.1 Å². The van der Waals surface area contributed by atoms with Crippen molar-refractivity contribution < 1.29 is 39.6 Å². The predicted molar refractivity (Wildman–Crippen MR) is 108 cm³/mol. The molecule has 0 aromatic heterocycles. The highest BCUT2D eigenvalue weighted by Gasteiger charge is 2.38. The standard InChI is InChI=1S/C19H15BrF6N2O3S/c1-9-3-11-4-15(20)17(8-16(11)28(9)10(2)29)32(30,31)27-14-6-12(18(21,22)23)5-13(7-14)19(24,25)26/h4-9,27H,3H2,1-2H3/t9-/m0/s1. The van der Waals surface area contributed by atoms with Gasteiger partial charge in [0.05, 0.1) is 16.8 Å². The molecule has 0 radical (unpaired) electrons. The number of alkyl halides is 6. The Bertz CT molecular complexity index is 1160. The van der Waals surface area contributed by atoms with Gasteiger partial charge in [0.1, 0.15) is 4.90 Å². The van der Waals surface area contributed by atoms with Crippen molar-refractivity contribution >= 4 is 43.2 Å². The first-order valence-corrected chi connectivity index (χ1v) is 11.2. The van der Waals surface area contributed by atoms with Crippen molar-refractivity contribution in [2.24, 2.45) is 0 Å². The summed E-state index contributed by atoms with van der Waals surface area (Å²) in [4.78, 5) is 12.9. The number of nitrogens with one attached hydrogen (secondary N) is 1. The largest absolute Gasteiger partial charge is 0.416 e. The van der Waals surface area contributed by atoms with E-state index >= 15 is 0 Å². The van der Waals surface area contributed by atoms with Gasteiger partial charge >= 0.3 is 12.4 Å². The molecule has 1 N–H and O–H groups in total. The maximum atomic E-state index is 13.1. The zero-order chi connectivity index (χ0) is 24.2. The lowest BCUT2D eigenvalue weighted by Gasteiger charge is -2.21. The third-order valence-corrected chi connectivity index (χ3v) is 7.16. The zero-order valence-corrected chi connectivity index (χ0v) is 18.8. The lowest BCUT2D eigenvalue weighted by molar-refractivity contribution is -0.143. The first-order chi connectivity index (χ1) is 14.5. The molecule has 0 aliphatic carbocycles. The Balaban J connectivity index is 2.09. The minimum Gasteiger partial charge on any atom is -0.309 e. The fraction of sp³-hybridized carbons (Fsp3) is 0.316. The summed E-state index contributed by atoms with van der Waals surface area (Å²) in [7, 11) is -4.63. The number of hydrogen-bond acceptors (Lipinski definition) is 3. The molecule has 5 nitrogen and oxygen atoms in total. The second-order valence-corrected chi connectivity index (χ2v) is 9.76. The summed E-state index contributed by atoms with van der Waals surface area (Å²) >= 11 is 3.09. The van der Waals surface area contributed by atoms with Gasteiger partial charge in [-0.15, -0.1) is 0 Å². The molecule has 13 heteroatoms. The quantitative estimate of drug-likeness (QED) is 0.512. The van der Waals surface area contributed by atoms with E-state index in [2.05, 4.69) is 15.9 Å². The number of carbonyl (C=O) groups is 1. The van der Waals surface area contributed by atoms with Gasteiger partial charge in [0, 0.05) is 23.1 Å². The highest BCUT2D eigenvalue weighted by molar-refractivity contribution is 9.10. The number of rotatable bonds is 3. The molecule has 1 aliphatic rings. The minimum atomic E-state index is -5.13. The van der Waals surface area contributed by atoms with Crippen molar-refractivity contribution in [2.45, 2.75) is 43.6 Å². The van der Waals surface area contributed by atoms with E-state index in [9.17, 15) is 39.6 Å². The predicted octanol–water partition coefficient (Wildman–Crippen LogP) is 5.59. The molecule has 1 heterocycles. The SMILES string of the molecule is CC(=O)N1c2cc(S(=O)(=O)Nc3cc(C(F)(F)F)cc(C(F)(F)F)c3)c(Br)cc2C[C@@H]1C. The van der Waals surface area contributed by atoms with E-state index in [1.165, 1.54) is 17.9 Å². The topological polar surface area (TPSA) is 66.5 Å². The van der Waals surface area contributed by atoms with Crippen LogP contribution in [0.3, 0.4) is 0 Å². The minimum absolute atomic E-state index is 0.0457. The number of sulfonamides is 1. The fourth-order valence-electron chi connectivity index (χ4n) is 3.53. The number of carbonyl (C=O) groups excluding carboxylic acids is 1. The monoisotopic (exact) mass is 544 g/mol. The van der Waals surface area contributed by atoms with Crippen molar-refractivity contribution in [3.8, 4) is 0 Å². The van der Waals surface area contributed by atoms with E-state index in [4.69, 9.17) is 0 Å². The molecule has 174 valence electrons. The number of fused-ring (bicyclic) bond motifs is 1. The molecule has 0 spiro atoms. The van der Waals surface area contributed by atoms with Gasteiger partial charge < -0.3 is 4.90 Å². The summed E-state index contributed by atoms with van der Waals surface area (Å²) in [5, 5.41) is 0. The van der Waals surface area contributed by atoms with Crippen molar-refractivity contribution in [3.63, 3.8) is 0 Å². The van der Waals surface area contributed by atoms with Crippen LogP contribution in [-0.2, 0) is 33.6 Å². The normalized spacial score (nSPS) is 16.8. The van der Waals surface area contributed by atoms with Gasteiger partial charge in [0.25, 0.3) is 10.0 Å². The van der Waals surface area contributed by atoms with E-state index in [-0.39, 0.29) is 34.6 Å². The van der Waals surface area contributed by atoms with Crippen molar-refractivity contribution in [2.75, 3.05) is 9.62 Å². The molecule has 1 aliphatic heterocycles. The lowest BCUT2D eigenvalue weighted by Crippen LogP contribution is -2.33. The summed E-state index contributed by atoms with van der Waals surface area (Å²) in [6.45, 7) is 3.05. The summed E-state index contributed by atoms with van der Waals surface area (Å²) in [6, 6.07) is 2.81. The van der Waals surface area contributed by atoms with Gasteiger partial charge in [-0.1, -0.05) is 0 Å². The van der Waals surface area contributed by atoms with Gasteiger partial charge in [-0.3, -0.25) is 9.52 Å². The third-order valence-electron chi connectivity index (χ3n) is 4.82. The van der Waals surface area contributed by atoms with Crippen molar-refractivity contribution in [1.82, 2.24) is 0 Å². The first-order valence-electron chi connectivity index (χ1n) is 8.95. The van der Waals surface area contributed by atoms with Gasteiger partial charge in [0.15, 0.2) is 0 Å². The molecule has 2 aromatic rings. The van der Waals surface area contributed by atoms with Gasteiger partial charge in [0.2, 0.25) is 5.91 Å². The Morgan fingerprint density at radius 3 is 2.03 bits per heavy atom. The van der Waals surface area contributed by atoms with E-state index in [1.807, 2.05) is 0 Å². The zero-order valence-electron chi connectivity index (χ0n) is 16.4. The van der Waals surface area contributed by atoms with E-state index in [0.29, 0.717) is 17.7 Å². The van der Waals surface area contributed by atoms with Crippen LogP contribution < -0.4 is 9.62 Å². The Kier molecular flexibility index (Phi) is 6.05. The number of amides is 1. The number of halogens is 7. The molecule has 0 saturated carbocycles. The van der Waals surface area contributed by atoms with Gasteiger partial charge in [-0.2, -0.15) is 26.3 Å². The average molecular weight is 545 g/mol. The lowest BCUT2D eigenvalue weighted by atomic mass is 10.1. The molecular formula is C19H15BrF6N2O3S. The molecule has 1 amide bonds. The van der Waals surface area contributed by atoms with Crippen LogP contribution in [0.1, 0.15) is 30.5 Å². The number of nitrogens with zero attached hydrogens (tertiary/aromatic N) is 1. The molecule has 0 fully saturated rings. The van der Waals surface area contributed by atoms with Crippen molar-refractivity contribution in [3.05, 3.63) is 51.5 Å². The number of benzene rings is 2. The van der Waals surface area contributed by atoms with Crippen molar-refractivity contribution in [1.29, 1.82) is 0 Å². The number of hydrogen-bond donors (Lipinski definition) is 1. The molecule has 2 aromatic carbocycles. The van der Waals surface area contributed by atoms with Crippen LogP contribution in [0, 0.1) is 0 Å². The van der Waals surface area contributed by atoms with E-state index in [0.717, 1.165) is 6.07 Å². The van der Waals surface area contributed by atoms with Crippen LogP contribution in [0.25, 0.3) is 0 Å². The Labute approximate surface area is 187 Å². The molecule has 0 saturated heterocycles. The Morgan fingerprint density at radius 1 is 1.03 bits per heavy atom. The van der Waals surface area contributed by atoms with Crippen LogP contribution in [0.2, 0.25) is 0 Å². The molecule has 1 atom stereocenters. The van der Waals surface area contributed by atoms with E-state index in [1.54, 1.807) is 11.6 Å². The van der Waals surface area contributed by atoms with Crippen LogP contribution in [0.5, 0.6) is 0 Å². The highest BCUT2D eigenvalue weighted by Crippen LogP contribution is 2.40. The van der Waals surface area contributed by atoms with Gasteiger partial charge in [-0.25, -0.2) is 8.42 Å². The van der Waals surface area contributed by atoms with Crippen LogP contribution in [-0.4, -0.2) is 20.4 Å². The Hall–Kier alpha value is -2.28. The van der Waals surface area contributed by atoms with Crippen LogP contribution in [0.15, 0.2) is 39.7 Å². The van der Waals surface area contributed by atoms with Crippen LogP contribution in [0.4, 0.5) is 37.7 Å². The second-order valence-electron chi connectivity index (χ2n) is 7.25. The van der Waals surface area contributed by atoms with Gasteiger partial charge in [-0.05, 0) is 65.2 Å². The average Bonchev–Trinajstić information content (AvgIpc) is 2.93. The summed E-state index contributed by atoms with van der Waals surface area (Å²) < 4.78 is 106. The molecule has 3 rings (SSSR count). The molecule has 0 unspecified atom stereocenters. The summed E-state index contributed by atoms with van der Waals surface area (Å²) in [6.07, 6.45) is -9.81. The maximum Gasteiger partial charge on any atom is 0.416 e. The smallest absolute Gasteiger partial charge is 0.309 e. The highest BCUT2D eigenvalue weighted by atomic mass is 79.9. The number of anilines is 2. The fourth-order valence-corrected chi connectivity index (χ4v) is 5.68. The summed E-state index contributed by atoms with van der Waals surface area (Å²) in [5.74, 6) is -0.345. The molecular weight excluding hydrogens is 530 g/mol. The first kappa shape index (κ1) is 24.4. The molecule has 0 bridgehead atoms.